The fourth-order valence-electron chi connectivity index (χ4n) is 1.01. The van der Waals surface area contributed by atoms with Gasteiger partial charge in [0, 0.05) is 19.0 Å². The molecule has 0 spiro atoms. The van der Waals surface area contributed by atoms with Gasteiger partial charge in [0.05, 0.1) is 6.54 Å². The Balaban J connectivity index is 2.45. The third kappa shape index (κ3) is 3.42. The topological polar surface area (TPSA) is 46.9 Å². The van der Waals surface area contributed by atoms with Crippen LogP contribution in [0, 0.1) is 0 Å². The van der Waals surface area contributed by atoms with Crippen LogP contribution in [0.4, 0.5) is 0 Å². The Kier molecular flexibility index (Phi) is 4.60. The Bertz CT molecular complexity index is 324. The summed E-state index contributed by atoms with van der Waals surface area (Å²) in [4.78, 5) is 11.2. The minimum Gasteiger partial charge on any atom is -0.356 e. The van der Waals surface area contributed by atoms with Crippen LogP contribution < -0.4 is 5.32 Å². The molecule has 1 heterocycles. The second-order valence-corrected chi connectivity index (χ2v) is 4.34. The summed E-state index contributed by atoms with van der Waals surface area (Å²) in [7, 11) is 0. The fraction of sp³-hybridized carbons (Fsp3) is 0.500. The smallest absolute Gasteiger partial charge is 0.221 e. The number of rotatable bonds is 4. The minimum atomic E-state index is 0.0472. The number of nitrogens with zero attached hydrogens (tertiary/aromatic N) is 2. The summed E-state index contributed by atoms with van der Waals surface area (Å²) in [5.41, 5.74) is 0. The van der Waals surface area contributed by atoms with Crippen molar-refractivity contribution in [2.45, 2.75) is 19.9 Å². The molecule has 4 nitrogen and oxygen atoms in total. The third-order valence-corrected chi connectivity index (χ3v) is 2.65. The molecule has 0 bridgehead atoms. The van der Waals surface area contributed by atoms with Gasteiger partial charge in [-0.3, -0.25) is 9.48 Å². The van der Waals surface area contributed by atoms with E-state index in [0.717, 1.165) is 9.21 Å². The highest BCUT2D eigenvalue weighted by Gasteiger charge is 2.05. The van der Waals surface area contributed by atoms with Crippen LogP contribution in [0.15, 0.2) is 15.3 Å². The molecule has 78 valence electrons. The molecule has 0 aliphatic carbocycles. The summed E-state index contributed by atoms with van der Waals surface area (Å²) in [6.07, 6.45) is 0.445. The predicted molar refractivity (Wildman–Crippen MR) is 60.9 cm³/mol. The molecule has 1 N–H and O–H groups in total. The van der Waals surface area contributed by atoms with Crippen molar-refractivity contribution in [2.24, 2.45) is 0 Å². The van der Waals surface area contributed by atoms with Gasteiger partial charge in [-0.1, -0.05) is 0 Å². The summed E-state index contributed by atoms with van der Waals surface area (Å²) in [5, 5.41) is 6.88. The maximum absolute atomic E-state index is 11.2. The van der Waals surface area contributed by atoms with Crippen molar-refractivity contribution in [1.29, 1.82) is 0 Å². The molecule has 0 aliphatic rings. The van der Waals surface area contributed by atoms with E-state index in [0.29, 0.717) is 19.5 Å². The molecule has 14 heavy (non-hydrogen) atoms. The van der Waals surface area contributed by atoms with Crippen LogP contribution in [0.2, 0.25) is 0 Å². The van der Waals surface area contributed by atoms with E-state index in [-0.39, 0.29) is 5.91 Å². The molecule has 1 aromatic heterocycles. The van der Waals surface area contributed by atoms with Gasteiger partial charge in [-0.15, -0.1) is 0 Å². The fourth-order valence-corrected chi connectivity index (χ4v) is 2.20. The van der Waals surface area contributed by atoms with Gasteiger partial charge in [-0.25, -0.2) is 0 Å². The van der Waals surface area contributed by atoms with Crippen LogP contribution in [0.1, 0.15) is 13.3 Å². The summed E-state index contributed by atoms with van der Waals surface area (Å²) in [5.74, 6) is 0.0472. The molecule has 1 amide bonds. The molecular weight excluding hydrogens is 314 g/mol. The lowest BCUT2D eigenvalue weighted by atomic mass is 10.4. The molecule has 0 saturated heterocycles. The van der Waals surface area contributed by atoms with E-state index >= 15 is 0 Å². The summed E-state index contributed by atoms with van der Waals surface area (Å²) >= 11 is 6.60. The third-order valence-electron chi connectivity index (χ3n) is 1.63. The number of amides is 1. The highest BCUT2D eigenvalue weighted by Crippen LogP contribution is 2.16. The summed E-state index contributed by atoms with van der Waals surface area (Å²) in [6.45, 7) is 3.15. The average molecular weight is 325 g/mol. The first-order valence-corrected chi connectivity index (χ1v) is 5.87. The highest BCUT2D eigenvalue weighted by molar-refractivity contribution is 9.11. The van der Waals surface area contributed by atoms with Gasteiger partial charge in [0.1, 0.15) is 9.21 Å². The van der Waals surface area contributed by atoms with E-state index in [1.807, 2.05) is 13.0 Å². The number of hydrogen-bond acceptors (Lipinski definition) is 2. The predicted octanol–water partition coefficient (Wildman–Crippen LogP) is 1.93. The maximum atomic E-state index is 11.2. The zero-order valence-electron chi connectivity index (χ0n) is 7.76. The van der Waals surface area contributed by atoms with Crippen molar-refractivity contribution in [3.63, 3.8) is 0 Å². The van der Waals surface area contributed by atoms with Gasteiger partial charge in [0.25, 0.3) is 0 Å². The molecule has 0 atom stereocenters. The summed E-state index contributed by atoms with van der Waals surface area (Å²) in [6, 6.07) is 1.84. The lowest BCUT2D eigenvalue weighted by Gasteiger charge is -2.03. The highest BCUT2D eigenvalue weighted by atomic mass is 79.9. The zero-order valence-corrected chi connectivity index (χ0v) is 10.9. The van der Waals surface area contributed by atoms with Gasteiger partial charge in [-0.05, 0) is 38.8 Å². The lowest BCUT2D eigenvalue weighted by molar-refractivity contribution is -0.121. The quantitative estimate of drug-likeness (QED) is 0.920. The van der Waals surface area contributed by atoms with E-state index in [4.69, 9.17) is 0 Å². The number of carbonyl (C=O) groups excluding carboxylic acids is 1. The number of carbonyl (C=O) groups is 1. The van der Waals surface area contributed by atoms with Crippen LogP contribution in [0.5, 0.6) is 0 Å². The number of aryl methyl sites for hydroxylation is 1. The van der Waals surface area contributed by atoms with Crippen LogP contribution in [0.3, 0.4) is 0 Å². The molecule has 0 unspecified atom stereocenters. The molecule has 0 aromatic carbocycles. The summed E-state index contributed by atoms with van der Waals surface area (Å²) < 4.78 is 3.37. The first-order valence-electron chi connectivity index (χ1n) is 4.29. The van der Waals surface area contributed by atoms with Crippen molar-refractivity contribution in [2.75, 3.05) is 6.54 Å². The monoisotopic (exact) mass is 323 g/mol. The molecule has 1 rings (SSSR count). The van der Waals surface area contributed by atoms with E-state index < -0.39 is 0 Å². The molecular formula is C8H11Br2N3O. The molecule has 0 radical (unpaired) electrons. The largest absolute Gasteiger partial charge is 0.356 e. The van der Waals surface area contributed by atoms with E-state index in [1.54, 1.807) is 4.68 Å². The van der Waals surface area contributed by atoms with E-state index in [1.165, 1.54) is 0 Å². The first kappa shape index (κ1) is 11.7. The van der Waals surface area contributed by atoms with Gasteiger partial charge in [0.15, 0.2) is 0 Å². The van der Waals surface area contributed by atoms with Gasteiger partial charge >= 0.3 is 0 Å². The normalized spacial score (nSPS) is 10.2. The van der Waals surface area contributed by atoms with Crippen LogP contribution in [-0.2, 0) is 11.3 Å². The van der Waals surface area contributed by atoms with Gasteiger partial charge < -0.3 is 5.32 Å². The van der Waals surface area contributed by atoms with Crippen molar-refractivity contribution < 1.29 is 4.79 Å². The number of halogens is 2. The SMILES string of the molecule is CCNC(=O)CCn1nc(Br)cc1Br. The van der Waals surface area contributed by atoms with E-state index in [2.05, 4.69) is 42.3 Å². The van der Waals surface area contributed by atoms with E-state index in [9.17, 15) is 4.79 Å². The van der Waals surface area contributed by atoms with Crippen LogP contribution >= 0.6 is 31.9 Å². The standard InChI is InChI=1S/C8H11Br2N3O/c1-2-11-8(14)3-4-13-7(10)5-6(9)12-13/h5H,2-4H2,1H3,(H,11,14). The van der Waals surface area contributed by atoms with Crippen molar-refractivity contribution in [3.05, 3.63) is 15.3 Å². The van der Waals surface area contributed by atoms with Crippen molar-refractivity contribution in [1.82, 2.24) is 15.1 Å². The molecule has 6 heteroatoms. The van der Waals surface area contributed by atoms with Crippen molar-refractivity contribution >= 4 is 37.8 Å². The zero-order chi connectivity index (χ0) is 10.6. The Morgan fingerprint density at radius 2 is 2.36 bits per heavy atom. The van der Waals surface area contributed by atoms with Crippen molar-refractivity contribution in [3.8, 4) is 0 Å². The molecule has 0 aliphatic heterocycles. The number of nitrogens with one attached hydrogen (secondary N) is 1. The Hall–Kier alpha value is -0.360. The average Bonchev–Trinajstić information content (AvgIpc) is 2.42. The lowest BCUT2D eigenvalue weighted by Crippen LogP contribution is -2.24. The Morgan fingerprint density at radius 1 is 1.64 bits per heavy atom. The molecule has 0 fully saturated rings. The Labute approximate surface area is 99.3 Å². The second kappa shape index (κ2) is 5.50. The van der Waals surface area contributed by atoms with Gasteiger partial charge in [-0.2, -0.15) is 5.10 Å². The number of hydrogen-bond donors (Lipinski definition) is 1. The molecule has 1 aromatic rings. The maximum Gasteiger partial charge on any atom is 0.221 e. The van der Waals surface area contributed by atoms with Gasteiger partial charge in [0.2, 0.25) is 5.91 Å². The number of aromatic nitrogens is 2. The minimum absolute atomic E-state index is 0.0472. The second-order valence-electron chi connectivity index (χ2n) is 2.72. The first-order chi connectivity index (χ1) is 6.63. The Morgan fingerprint density at radius 3 is 2.86 bits per heavy atom. The van der Waals surface area contributed by atoms with Crippen LogP contribution in [-0.4, -0.2) is 22.2 Å². The molecule has 0 saturated carbocycles. The van der Waals surface area contributed by atoms with Crippen LogP contribution in [0.25, 0.3) is 0 Å².